The van der Waals surface area contributed by atoms with E-state index in [0.29, 0.717) is 28.0 Å². The number of nitrogens with one attached hydrogen (secondary N) is 3. The first-order valence-corrected chi connectivity index (χ1v) is 10.1. The van der Waals surface area contributed by atoms with E-state index in [-0.39, 0.29) is 17.5 Å². The average molecular weight is 411 g/mol. The van der Waals surface area contributed by atoms with Crippen LogP contribution in [0, 0.1) is 5.82 Å². The molecule has 0 saturated heterocycles. The molecule has 29 heavy (non-hydrogen) atoms. The van der Waals surface area contributed by atoms with E-state index in [0.717, 1.165) is 18.7 Å². The summed E-state index contributed by atoms with van der Waals surface area (Å²) in [6.45, 7) is 0. The lowest BCUT2D eigenvalue weighted by Gasteiger charge is -2.11. The minimum absolute atomic E-state index is 0.121. The number of aromatic nitrogens is 3. The number of aromatic amines is 1. The van der Waals surface area contributed by atoms with Crippen LogP contribution in [0.3, 0.4) is 0 Å². The van der Waals surface area contributed by atoms with Crippen LogP contribution in [0.15, 0.2) is 53.7 Å². The smallest absolute Gasteiger partial charge is 0.257 e. The van der Waals surface area contributed by atoms with Crippen molar-refractivity contribution in [2.75, 3.05) is 16.4 Å². The zero-order valence-electron chi connectivity index (χ0n) is 15.3. The molecule has 0 atom stereocenters. The SMILES string of the molecule is O=C(CSc1n[nH]c(C2CC2)n1)Nc1ccccc1C(=O)Nc1ccc(F)cc1. The molecule has 0 bridgehead atoms. The second-order valence-corrected chi connectivity index (χ2v) is 7.56. The van der Waals surface area contributed by atoms with Gasteiger partial charge in [-0.25, -0.2) is 9.37 Å². The highest BCUT2D eigenvalue weighted by Gasteiger charge is 2.27. The van der Waals surface area contributed by atoms with Crippen LogP contribution < -0.4 is 10.6 Å². The molecule has 9 heteroatoms. The van der Waals surface area contributed by atoms with Gasteiger partial charge in [0.2, 0.25) is 11.1 Å². The van der Waals surface area contributed by atoms with E-state index in [1.54, 1.807) is 24.3 Å². The van der Waals surface area contributed by atoms with Crippen LogP contribution in [0.25, 0.3) is 0 Å². The van der Waals surface area contributed by atoms with E-state index in [1.165, 1.54) is 36.0 Å². The summed E-state index contributed by atoms with van der Waals surface area (Å²) in [7, 11) is 0. The predicted molar refractivity (Wildman–Crippen MR) is 109 cm³/mol. The van der Waals surface area contributed by atoms with E-state index < -0.39 is 5.91 Å². The molecule has 148 valence electrons. The number of para-hydroxylation sites is 1. The number of carbonyl (C=O) groups excluding carboxylic acids is 2. The molecule has 2 aromatic carbocycles. The zero-order valence-corrected chi connectivity index (χ0v) is 16.1. The summed E-state index contributed by atoms with van der Waals surface area (Å²) in [5.74, 6) is 0.408. The molecular formula is C20H18FN5O2S. The molecule has 1 aliphatic carbocycles. The van der Waals surface area contributed by atoms with Gasteiger partial charge < -0.3 is 10.6 Å². The number of anilines is 2. The number of H-pyrrole nitrogens is 1. The largest absolute Gasteiger partial charge is 0.325 e. The minimum Gasteiger partial charge on any atom is -0.325 e. The van der Waals surface area contributed by atoms with E-state index in [4.69, 9.17) is 0 Å². The second-order valence-electron chi connectivity index (χ2n) is 6.62. The highest BCUT2D eigenvalue weighted by atomic mass is 32.2. The van der Waals surface area contributed by atoms with Crippen molar-refractivity contribution in [3.05, 3.63) is 65.7 Å². The average Bonchev–Trinajstić information content (AvgIpc) is 3.46. The Morgan fingerprint density at radius 3 is 2.62 bits per heavy atom. The molecule has 2 amide bonds. The summed E-state index contributed by atoms with van der Waals surface area (Å²) in [4.78, 5) is 29.3. The van der Waals surface area contributed by atoms with E-state index in [2.05, 4.69) is 25.8 Å². The maximum absolute atomic E-state index is 13.0. The quantitative estimate of drug-likeness (QED) is 0.514. The third-order valence-corrected chi connectivity index (χ3v) is 5.17. The molecule has 1 saturated carbocycles. The van der Waals surface area contributed by atoms with Crippen molar-refractivity contribution in [2.45, 2.75) is 23.9 Å². The molecule has 0 radical (unpaired) electrons. The molecule has 1 heterocycles. The van der Waals surface area contributed by atoms with Crippen LogP contribution in [-0.4, -0.2) is 32.7 Å². The van der Waals surface area contributed by atoms with E-state index in [9.17, 15) is 14.0 Å². The molecular weight excluding hydrogens is 393 g/mol. The van der Waals surface area contributed by atoms with Crippen molar-refractivity contribution in [3.63, 3.8) is 0 Å². The van der Waals surface area contributed by atoms with E-state index in [1.807, 2.05) is 0 Å². The Kier molecular flexibility index (Phi) is 5.57. The van der Waals surface area contributed by atoms with Gasteiger partial charge in [0.1, 0.15) is 11.6 Å². The normalized spacial score (nSPS) is 13.1. The molecule has 0 aliphatic heterocycles. The van der Waals surface area contributed by atoms with Crippen molar-refractivity contribution in [3.8, 4) is 0 Å². The van der Waals surface area contributed by atoms with Gasteiger partial charge >= 0.3 is 0 Å². The first-order valence-electron chi connectivity index (χ1n) is 9.09. The highest BCUT2D eigenvalue weighted by Crippen LogP contribution is 2.38. The third kappa shape index (κ3) is 5.00. The number of thioether (sulfide) groups is 1. The molecule has 0 unspecified atom stereocenters. The standard InChI is InChI=1S/C20H18FN5O2S/c21-13-7-9-14(10-8-13)22-19(28)15-3-1-2-4-16(15)23-17(27)11-29-20-24-18(25-26-20)12-5-6-12/h1-4,7-10,12H,5-6,11H2,(H,22,28)(H,23,27)(H,24,25,26). The third-order valence-electron chi connectivity index (χ3n) is 4.33. The van der Waals surface area contributed by atoms with Crippen LogP contribution >= 0.6 is 11.8 Å². The van der Waals surface area contributed by atoms with E-state index >= 15 is 0 Å². The topological polar surface area (TPSA) is 99.8 Å². The first-order chi connectivity index (χ1) is 14.1. The molecule has 7 nitrogen and oxygen atoms in total. The number of rotatable bonds is 7. The van der Waals surface area contributed by atoms with Gasteiger partial charge in [-0.15, -0.1) is 5.10 Å². The van der Waals surface area contributed by atoms with Gasteiger partial charge in [0.25, 0.3) is 5.91 Å². The Balaban J connectivity index is 1.37. The summed E-state index contributed by atoms with van der Waals surface area (Å²) in [6, 6.07) is 12.2. The minimum atomic E-state index is -0.400. The zero-order chi connectivity index (χ0) is 20.2. The summed E-state index contributed by atoms with van der Waals surface area (Å²) >= 11 is 1.23. The number of benzene rings is 2. The van der Waals surface area contributed by atoms with Gasteiger partial charge in [0, 0.05) is 11.6 Å². The molecule has 1 aliphatic rings. The van der Waals surface area contributed by atoms with Gasteiger partial charge in [0.15, 0.2) is 0 Å². The fourth-order valence-electron chi connectivity index (χ4n) is 2.70. The molecule has 0 spiro atoms. The number of hydrogen-bond donors (Lipinski definition) is 3. The molecule has 1 aromatic heterocycles. The maximum Gasteiger partial charge on any atom is 0.257 e. The van der Waals surface area contributed by atoms with Crippen molar-refractivity contribution >= 4 is 35.0 Å². The molecule has 3 N–H and O–H groups in total. The Morgan fingerprint density at radius 2 is 1.86 bits per heavy atom. The fraction of sp³-hybridized carbons (Fsp3) is 0.200. The van der Waals surface area contributed by atoms with Crippen LogP contribution in [-0.2, 0) is 4.79 Å². The van der Waals surface area contributed by atoms with Gasteiger partial charge in [-0.3, -0.25) is 14.7 Å². The number of nitrogens with zero attached hydrogens (tertiary/aromatic N) is 2. The number of halogens is 1. The van der Waals surface area contributed by atoms with Gasteiger partial charge in [-0.2, -0.15) is 0 Å². The van der Waals surface area contributed by atoms with Gasteiger partial charge in [-0.05, 0) is 49.2 Å². The number of amides is 2. The molecule has 3 aromatic rings. The summed E-state index contributed by atoms with van der Waals surface area (Å²) in [6.07, 6.45) is 2.24. The second kappa shape index (κ2) is 8.44. The highest BCUT2D eigenvalue weighted by molar-refractivity contribution is 7.99. The Morgan fingerprint density at radius 1 is 1.10 bits per heavy atom. The Hall–Kier alpha value is -3.20. The monoisotopic (exact) mass is 411 g/mol. The van der Waals surface area contributed by atoms with Crippen molar-refractivity contribution in [1.29, 1.82) is 0 Å². The van der Waals surface area contributed by atoms with Gasteiger partial charge in [0.05, 0.1) is 17.0 Å². The summed E-state index contributed by atoms with van der Waals surface area (Å²) in [5.41, 5.74) is 1.17. The van der Waals surface area contributed by atoms with Crippen LogP contribution in [0.5, 0.6) is 0 Å². The summed E-state index contributed by atoms with van der Waals surface area (Å²) in [5, 5.41) is 13.0. The van der Waals surface area contributed by atoms with Crippen LogP contribution in [0.1, 0.15) is 34.9 Å². The number of hydrogen-bond acceptors (Lipinski definition) is 5. The van der Waals surface area contributed by atoms with Crippen molar-refractivity contribution in [1.82, 2.24) is 15.2 Å². The van der Waals surface area contributed by atoms with Crippen LogP contribution in [0.2, 0.25) is 0 Å². The maximum atomic E-state index is 13.0. The lowest BCUT2D eigenvalue weighted by molar-refractivity contribution is -0.113. The molecule has 1 fully saturated rings. The van der Waals surface area contributed by atoms with Gasteiger partial charge in [-0.1, -0.05) is 23.9 Å². The summed E-state index contributed by atoms with van der Waals surface area (Å²) < 4.78 is 13.0. The van der Waals surface area contributed by atoms with Crippen molar-refractivity contribution < 1.29 is 14.0 Å². The lowest BCUT2D eigenvalue weighted by atomic mass is 10.1. The first kappa shape index (κ1) is 19.1. The fourth-order valence-corrected chi connectivity index (χ4v) is 3.31. The van der Waals surface area contributed by atoms with Crippen molar-refractivity contribution in [2.24, 2.45) is 0 Å². The Bertz CT molecular complexity index is 1030. The Labute approximate surface area is 170 Å². The van der Waals surface area contributed by atoms with Crippen LogP contribution in [0.4, 0.5) is 15.8 Å². The predicted octanol–water partition coefficient (Wildman–Crippen LogP) is 3.80. The molecule has 4 rings (SSSR count). The number of carbonyl (C=O) groups is 2. The lowest BCUT2D eigenvalue weighted by Crippen LogP contribution is -2.19.